The molecule has 0 aromatic carbocycles. The van der Waals surface area contributed by atoms with Gasteiger partial charge in [0.15, 0.2) is 5.65 Å². The van der Waals surface area contributed by atoms with E-state index < -0.39 is 0 Å². The molecule has 2 heterocycles. The van der Waals surface area contributed by atoms with Crippen molar-refractivity contribution in [1.82, 2.24) is 14.9 Å². The van der Waals surface area contributed by atoms with Gasteiger partial charge in [-0.25, -0.2) is 9.97 Å². The van der Waals surface area contributed by atoms with Gasteiger partial charge in [0, 0.05) is 31.9 Å². The predicted molar refractivity (Wildman–Crippen MR) is 57.6 cm³/mol. The molecule has 0 unspecified atom stereocenters. The van der Waals surface area contributed by atoms with Crippen LogP contribution in [0.5, 0.6) is 0 Å². The van der Waals surface area contributed by atoms with Crippen LogP contribution in [0.3, 0.4) is 0 Å². The van der Waals surface area contributed by atoms with Gasteiger partial charge >= 0.3 is 0 Å². The summed E-state index contributed by atoms with van der Waals surface area (Å²) in [6.07, 6.45) is 3.24. The monoisotopic (exact) mass is 201 g/mol. The largest absolute Gasteiger partial charge is 0.345 e. The number of hydrogen-bond acceptors (Lipinski definition) is 3. The van der Waals surface area contributed by atoms with Gasteiger partial charge in [-0.15, -0.1) is 0 Å². The normalized spacial score (nSPS) is 10.3. The minimum absolute atomic E-state index is 0.0479. The number of carbonyl (C=O) groups excluding carboxylic acids is 1. The number of pyridine rings is 2. The van der Waals surface area contributed by atoms with Gasteiger partial charge in [-0.1, -0.05) is 0 Å². The zero-order valence-corrected chi connectivity index (χ0v) is 8.64. The lowest BCUT2D eigenvalue weighted by atomic mass is 10.2. The molecule has 0 saturated heterocycles. The second kappa shape index (κ2) is 3.65. The molecule has 0 saturated carbocycles. The van der Waals surface area contributed by atoms with Crippen molar-refractivity contribution in [2.45, 2.75) is 0 Å². The Morgan fingerprint density at radius 1 is 1.33 bits per heavy atom. The van der Waals surface area contributed by atoms with E-state index in [-0.39, 0.29) is 5.91 Å². The molecule has 2 aromatic heterocycles. The molecule has 0 spiro atoms. The maximum atomic E-state index is 11.7. The van der Waals surface area contributed by atoms with Crippen molar-refractivity contribution in [3.05, 3.63) is 36.2 Å². The van der Waals surface area contributed by atoms with E-state index in [2.05, 4.69) is 9.97 Å². The maximum Gasteiger partial charge on any atom is 0.254 e. The number of carbonyl (C=O) groups is 1. The van der Waals surface area contributed by atoms with Crippen LogP contribution >= 0.6 is 0 Å². The van der Waals surface area contributed by atoms with Crippen molar-refractivity contribution in [2.24, 2.45) is 0 Å². The van der Waals surface area contributed by atoms with Crippen LogP contribution in [0.2, 0.25) is 0 Å². The van der Waals surface area contributed by atoms with E-state index in [1.54, 1.807) is 32.6 Å². The van der Waals surface area contributed by atoms with Crippen molar-refractivity contribution in [1.29, 1.82) is 0 Å². The summed E-state index contributed by atoms with van der Waals surface area (Å²) in [6, 6.07) is 5.52. The van der Waals surface area contributed by atoms with E-state index in [0.29, 0.717) is 11.2 Å². The summed E-state index contributed by atoms with van der Waals surface area (Å²) in [6.45, 7) is 0. The van der Waals surface area contributed by atoms with Crippen molar-refractivity contribution in [3.63, 3.8) is 0 Å². The molecule has 2 aromatic rings. The first-order chi connectivity index (χ1) is 7.18. The van der Waals surface area contributed by atoms with Gasteiger partial charge < -0.3 is 4.90 Å². The number of rotatable bonds is 1. The third-order valence-electron chi connectivity index (χ3n) is 2.11. The third kappa shape index (κ3) is 1.79. The Labute approximate surface area is 87.6 Å². The van der Waals surface area contributed by atoms with Gasteiger partial charge in [-0.3, -0.25) is 4.79 Å². The molecule has 1 amide bonds. The fraction of sp³-hybridized carbons (Fsp3) is 0.182. The zero-order valence-electron chi connectivity index (χ0n) is 8.64. The summed E-state index contributed by atoms with van der Waals surface area (Å²) in [4.78, 5) is 21.4. The lowest BCUT2D eigenvalue weighted by molar-refractivity contribution is 0.0827. The van der Waals surface area contributed by atoms with Crippen molar-refractivity contribution < 1.29 is 4.79 Å². The summed E-state index contributed by atoms with van der Waals surface area (Å²) in [5, 5.41) is 0.880. The van der Waals surface area contributed by atoms with Crippen LogP contribution in [-0.4, -0.2) is 34.9 Å². The summed E-state index contributed by atoms with van der Waals surface area (Å²) in [7, 11) is 3.44. The average molecular weight is 201 g/mol. The van der Waals surface area contributed by atoms with Gasteiger partial charge in [0.05, 0.1) is 5.56 Å². The first kappa shape index (κ1) is 9.58. The Morgan fingerprint density at radius 3 is 2.87 bits per heavy atom. The van der Waals surface area contributed by atoms with Gasteiger partial charge in [0.1, 0.15) is 0 Å². The van der Waals surface area contributed by atoms with E-state index in [4.69, 9.17) is 0 Å². The van der Waals surface area contributed by atoms with Crippen molar-refractivity contribution in [3.8, 4) is 0 Å². The Morgan fingerprint density at radius 2 is 2.13 bits per heavy atom. The molecule has 4 heteroatoms. The number of hydrogen-bond donors (Lipinski definition) is 0. The number of fused-ring (bicyclic) bond motifs is 1. The van der Waals surface area contributed by atoms with Gasteiger partial charge in [-0.2, -0.15) is 0 Å². The minimum Gasteiger partial charge on any atom is -0.345 e. The molecular weight excluding hydrogens is 190 g/mol. The minimum atomic E-state index is -0.0479. The molecule has 0 N–H and O–H groups in total. The first-order valence-electron chi connectivity index (χ1n) is 4.61. The molecule has 4 nitrogen and oxygen atoms in total. The molecule has 0 fully saturated rings. The second-order valence-electron chi connectivity index (χ2n) is 3.47. The first-order valence-corrected chi connectivity index (χ1v) is 4.61. The number of amides is 1. The molecule has 76 valence electrons. The molecular formula is C11H11N3O. The maximum absolute atomic E-state index is 11.7. The number of nitrogens with zero attached hydrogens (tertiary/aromatic N) is 3. The van der Waals surface area contributed by atoms with Crippen LogP contribution in [0, 0.1) is 0 Å². The average Bonchev–Trinajstić information content (AvgIpc) is 2.27. The Hall–Kier alpha value is -1.97. The summed E-state index contributed by atoms with van der Waals surface area (Å²) < 4.78 is 0. The van der Waals surface area contributed by atoms with Crippen LogP contribution in [0.1, 0.15) is 10.4 Å². The second-order valence-corrected chi connectivity index (χ2v) is 3.47. The Kier molecular flexibility index (Phi) is 2.33. The van der Waals surface area contributed by atoms with Crippen LogP contribution in [0.15, 0.2) is 30.6 Å². The zero-order chi connectivity index (χ0) is 10.8. The standard InChI is InChI=1S/C11H11N3O/c1-14(2)11(15)9-6-8-4-3-5-12-10(8)13-7-9/h3-7H,1-2H3. The lowest BCUT2D eigenvalue weighted by Crippen LogP contribution is -2.21. The van der Waals surface area contributed by atoms with Gasteiger partial charge in [-0.05, 0) is 18.2 Å². The fourth-order valence-corrected chi connectivity index (χ4v) is 1.34. The van der Waals surface area contributed by atoms with Gasteiger partial charge in [0.2, 0.25) is 0 Å². The van der Waals surface area contributed by atoms with Gasteiger partial charge in [0.25, 0.3) is 5.91 Å². The van der Waals surface area contributed by atoms with Crippen LogP contribution < -0.4 is 0 Å². The summed E-state index contributed by atoms with van der Waals surface area (Å²) in [5.74, 6) is -0.0479. The quantitative estimate of drug-likeness (QED) is 0.699. The highest BCUT2D eigenvalue weighted by Gasteiger charge is 2.08. The van der Waals surface area contributed by atoms with E-state index in [1.165, 1.54) is 4.90 Å². The summed E-state index contributed by atoms with van der Waals surface area (Å²) >= 11 is 0. The highest BCUT2D eigenvalue weighted by Crippen LogP contribution is 2.11. The topological polar surface area (TPSA) is 46.1 Å². The predicted octanol–water partition coefficient (Wildman–Crippen LogP) is 1.33. The summed E-state index contributed by atoms with van der Waals surface area (Å²) in [5.41, 5.74) is 1.24. The van der Waals surface area contributed by atoms with Crippen LogP contribution in [0.25, 0.3) is 11.0 Å². The van der Waals surface area contributed by atoms with E-state index >= 15 is 0 Å². The number of aromatic nitrogens is 2. The Bertz CT molecular complexity index is 508. The molecule has 0 aliphatic carbocycles. The fourth-order valence-electron chi connectivity index (χ4n) is 1.34. The third-order valence-corrected chi connectivity index (χ3v) is 2.11. The van der Waals surface area contributed by atoms with E-state index in [1.807, 2.05) is 12.1 Å². The molecule has 0 radical (unpaired) electrons. The highest BCUT2D eigenvalue weighted by atomic mass is 16.2. The molecule has 0 aliphatic rings. The lowest BCUT2D eigenvalue weighted by Gasteiger charge is -2.09. The molecule has 0 bridgehead atoms. The SMILES string of the molecule is CN(C)C(=O)c1cnc2ncccc2c1. The van der Waals surface area contributed by atoms with E-state index in [0.717, 1.165) is 5.39 Å². The molecule has 0 atom stereocenters. The van der Waals surface area contributed by atoms with Crippen LogP contribution in [-0.2, 0) is 0 Å². The molecule has 15 heavy (non-hydrogen) atoms. The smallest absolute Gasteiger partial charge is 0.254 e. The molecule has 0 aliphatic heterocycles. The van der Waals surface area contributed by atoms with Crippen molar-refractivity contribution in [2.75, 3.05) is 14.1 Å². The molecule has 2 rings (SSSR count). The van der Waals surface area contributed by atoms with Crippen LogP contribution in [0.4, 0.5) is 0 Å². The van der Waals surface area contributed by atoms with E-state index in [9.17, 15) is 4.79 Å². The highest BCUT2D eigenvalue weighted by molar-refractivity contribution is 5.96. The Balaban J connectivity index is 2.52. The van der Waals surface area contributed by atoms with Crippen molar-refractivity contribution >= 4 is 16.9 Å².